The summed E-state index contributed by atoms with van der Waals surface area (Å²) in [6.07, 6.45) is -0.289. The van der Waals surface area contributed by atoms with Gasteiger partial charge >= 0.3 is 11.9 Å². The maximum Gasteiger partial charge on any atom is 0.326 e. The van der Waals surface area contributed by atoms with Gasteiger partial charge in [0.2, 0.25) is 23.6 Å². The number of nitrogens with zero attached hydrogens (tertiary/aromatic N) is 1. The molecular weight excluding hydrogens is 612 g/mol. The molecule has 0 aliphatic heterocycles. The van der Waals surface area contributed by atoms with Gasteiger partial charge in [0.05, 0.1) is 6.04 Å². The van der Waals surface area contributed by atoms with Crippen LogP contribution in [0.4, 0.5) is 0 Å². The van der Waals surface area contributed by atoms with E-state index in [0.29, 0.717) is 0 Å². The Kier molecular flexibility index (Phi) is 17.5. The Morgan fingerprint density at radius 2 is 1.32 bits per heavy atom. The molecule has 262 valence electrons. The van der Waals surface area contributed by atoms with E-state index in [0.717, 1.165) is 5.56 Å². The Bertz CT molecular complexity index is 1240. The van der Waals surface area contributed by atoms with Crippen molar-refractivity contribution < 1.29 is 39.0 Å². The molecule has 4 amide bonds. The van der Waals surface area contributed by atoms with Gasteiger partial charge in [-0.05, 0) is 49.5 Å². The lowest BCUT2D eigenvalue weighted by atomic mass is 10.00. The zero-order valence-corrected chi connectivity index (χ0v) is 27.4. The van der Waals surface area contributed by atoms with Crippen molar-refractivity contribution in [3.05, 3.63) is 35.9 Å². The lowest BCUT2D eigenvalue weighted by molar-refractivity contribution is -0.142. The Hall–Kier alpha value is -4.73. The predicted molar refractivity (Wildman–Crippen MR) is 175 cm³/mol. The topological polar surface area (TPSA) is 281 Å². The standard InChI is InChI=1S/C31H50N8O8/c1-17(2)15-23(30(46)47)38-27(43)21(11-8-14-35-31(33)34)36-28(44)22(12-13-24(40)41)37-29(45)25(18(3)4)39-26(42)20(32)16-19-9-6-5-7-10-19/h5-7,9-10,17-18,20-23,25H,8,11-16,32H2,1-4H3,(H,36,44)(H,37,45)(H,38,43)(H,39,42)(H,40,41)(H,46,47)(H4,33,34,35)/t20-,21-,22-,23-,25-/m0/s1. The number of amides is 4. The van der Waals surface area contributed by atoms with E-state index in [1.807, 2.05) is 18.2 Å². The van der Waals surface area contributed by atoms with Crippen LogP contribution < -0.4 is 38.5 Å². The summed E-state index contributed by atoms with van der Waals surface area (Å²) in [6.45, 7) is 7.03. The molecule has 0 aromatic heterocycles. The molecule has 47 heavy (non-hydrogen) atoms. The third-order valence-corrected chi connectivity index (χ3v) is 7.06. The second-order valence-electron chi connectivity index (χ2n) is 12.1. The lowest BCUT2D eigenvalue weighted by Gasteiger charge is -2.27. The van der Waals surface area contributed by atoms with Crippen LogP contribution in [0.3, 0.4) is 0 Å². The minimum atomic E-state index is -1.42. The number of carbonyl (C=O) groups excluding carboxylic acids is 4. The average Bonchev–Trinajstić information content (AvgIpc) is 2.98. The van der Waals surface area contributed by atoms with Gasteiger partial charge in [0, 0.05) is 13.0 Å². The van der Waals surface area contributed by atoms with Crippen LogP contribution >= 0.6 is 0 Å². The lowest BCUT2D eigenvalue weighted by Crippen LogP contribution is -2.59. The highest BCUT2D eigenvalue weighted by Gasteiger charge is 2.33. The molecule has 0 unspecified atom stereocenters. The molecule has 0 heterocycles. The molecule has 1 aromatic carbocycles. The molecule has 16 heteroatoms. The number of guanidine groups is 1. The number of benzene rings is 1. The maximum atomic E-state index is 13.5. The number of nitrogens with one attached hydrogen (secondary N) is 4. The highest BCUT2D eigenvalue weighted by atomic mass is 16.4. The molecule has 16 nitrogen and oxygen atoms in total. The van der Waals surface area contributed by atoms with E-state index < -0.39 is 78.1 Å². The number of nitrogens with two attached hydrogens (primary N) is 3. The number of hydrogen-bond acceptors (Lipinski definition) is 8. The molecule has 0 saturated heterocycles. The van der Waals surface area contributed by atoms with Gasteiger partial charge in [0.15, 0.2) is 5.96 Å². The van der Waals surface area contributed by atoms with Crippen molar-refractivity contribution >= 4 is 41.5 Å². The number of carbonyl (C=O) groups is 6. The minimum absolute atomic E-state index is 0.00799. The molecule has 5 atom stereocenters. The molecule has 0 fully saturated rings. The van der Waals surface area contributed by atoms with Gasteiger partial charge in [-0.3, -0.25) is 29.0 Å². The van der Waals surface area contributed by atoms with Crippen LogP contribution in [0.5, 0.6) is 0 Å². The quantitative estimate of drug-likeness (QED) is 0.0446. The molecular formula is C31H50N8O8. The zero-order chi connectivity index (χ0) is 35.7. The Labute approximate surface area is 274 Å². The fourth-order valence-corrected chi connectivity index (χ4v) is 4.56. The number of carboxylic acid groups (broad SMARTS) is 2. The molecule has 0 aliphatic carbocycles. The van der Waals surface area contributed by atoms with E-state index >= 15 is 0 Å². The molecule has 1 aromatic rings. The van der Waals surface area contributed by atoms with Crippen LogP contribution in [0, 0.1) is 11.8 Å². The van der Waals surface area contributed by atoms with Gasteiger partial charge in [-0.2, -0.15) is 0 Å². The largest absolute Gasteiger partial charge is 0.481 e. The van der Waals surface area contributed by atoms with Crippen molar-refractivity contribution in [2.45, 2.75) is 96.4 Å². The summed E-state index contributed by atoms with van der Waals surface area (Å²) < 4.78 is 0. The van der Waals surface area contributed by atoms with Gasteiger partial charge in [0.1, 0.15) is 24.2 Å². The monoisotopic (exact) mass is 662 g/mol. The first-order valence-electron chi connectivity index (χ1n) is 15.5. The van der Waals surface area contributed by atoms with Crippen LogP contribution in [0.1, 0.15) is 65.4 Å². The molecule has 0 aliphatic rings. The second kappa shape index (κ2) is 20.4. The van der Waals surface area contributed by atoms with Gasteiger partial charge < -0.3 is 48.7 Å². The molecule has 12 N–H and O–H groups in total. The summed E-state index contributed by atoms with van der Waals surface area (Å²) in [5.74, 6) is -6.22. The Morgan fingerprint density at radius 3 is 1.83 bits per heavy atom. The number of carboxylic acids is 2. The number of rotatable bonds is 21. The molecule has 0 bridgehead atoms. The first kappa shape index (κ1) is 40.3. The van der Waals surface area contributed by atoms with E-state index in [2.05, 4.69) is 26.3 Å². The first-order chi connectivity index (χ1) is 22.0. The summed E-state index contributed by atoms with van der Waals surface area (Å²) in [7, 11) is 0. The highest BCUT2D eigenvalue weighted by molar-refractivity contribution is 5.95. The van der Waals surface area contributed by atoms with Gasteiger partial charge in [-0.1, -0.05) is 58.0 Å². The summed E-state index contributed by atoms with van der Waals surface area (Å²) in [5, 5.41) is 29.0. The molecule has 0 saturated carbocycles. The van der Waals surface area contributed by atoms with Crippen molar-refractivity contribution in [3.8, 4) is 0 Å². The minimum Gasteiger partial charge on any atom is -0.481 e. The fraction of sp³-hybridized carbons (Fsp3) is 0.581. The van der Waals surface area contributed by atoms with Crippen LogP contribution in [0.2, 0.25) is 0 Å². The van der Waals surface area contributed by atoms with Crippen LogP contribution in [-0.2, 0) is 35.2 Å². The number of hydrogen-bond donors (Lipinski definition) is 9. The Morgan fingerprint density at radius 1 is 0.766 bits per heavy atom. The summed E-state index contributed by atoms with van der Waals surface area (Å²) in [4.78, 5) is 80.0. The van der Waals surface area contributed by atoms with Crippen molar-refractivity contribution in [2.24, 2.45) is 34.0 Å². The van der Waals surface area contributed by atoms with Crippen LogP contribution in [0.25, 0.3) is 0 Å². The molecule has 0 radical (unpaired) electrons. The first-order valence-corrected chi connectivity index (χ1v) is 15.5. The van der Waals surface area contributed by atoms with E-state index in [-0.39, 0.29) is 50.5 Å². The molecule has 0 spiro atoms. The van der Waals surface area contributed by atoms with E-state index in [9.17, 15) is 39.0 Å². The van der Waals surface area contributed by atoms with Crippen molar-refractivity contribution in [1.82, 2.24) is 21.3 Å². The van der Waals surface area contributed by atoms with Crippen molar-refractivity contribution in [3.63, 3.8) is 0 Å². The predicted octanol–water partition coefficient (Wildman–Crippen LogP) is -0.799. The van der Waals surface area contributed by atoms with Crippen LogP contribution in [0.15, 0.2) is 35.3 Å². The summed E-state index contributed by atoms with van der Waals surface area (Å²) >= 11 is 0. The number of aliphatic imine (C=N–C) groups is 1. The second-order valence-corrected chi connectivity index (χ2v) is 12.1. The van der Waals surface area contributed by atoms with Gasteiger partial charge in [-0.15, -0.1) is 0 Å². The van der Waals surface area contributed by atoms with Gasteiger partial charge in [0.25, 0.3) is 0 Å². The van der Waals surface area contributed by atoms with Gasteiger partial charge in [-0.25, -0.2) is 4.79 Å². The average molecular weight is 663 g/mol. The van der Waals surface area contributed by atoms with Crippen molar-refractivity contribution in [2.75, 3.05) is 6.54 Å². The third-order valence-electron chi connectivity index (χ3n) is 7.06. The van der Waals surface area contributed by atoms with E-state index in [1.54, 1.807) is 39.8 Å². The van der Waals surface area contributed by atoms with Crippen LogP contribution in [-0.4, -0.2) is 88.5 Å². The number of aliphatic carboxylic acids is 2. The van der Waals surface area contributed by atoms with Crippen molar-refractivity contribution in [1.29, 1.82) is 0 Å². The molecule has 1 rings (SSSR count). The van der Waals surface area contributed by atoms with E-state index in [4.69, 9.17) is 17.2 Å². The summed E-state index contributed by atoms with van der Waals surface area (Å²) in [5.41, 5.74) is 17.6. The highest BCUT2D eigenvalue weighted by Crippen LogP contribution is 2.10. The summed E-state index contributed by atoms with van der Waals surface area (Å²) in [6, 6.07) is 3.04. The maximum absolute atomic E-state index is 13.5. The third kappa shape index (κ3) is 15.9. The fourth-order valence-electron chi connectivity index (χ4n) is 4.56. The Balaban J connectivity index is 3.16. The SMILES string of the molecule is CC(C)C[C@H](NC(=O)[C@H](CCCN=C(N)N)NC(=O)[C@H](CCC(=O)O)NC(=O)[C@@H](NC(=O)[C@@H](N)Cc1ccccc1)C(C)C)C(=O)O. The zero-order valence-electron chi connectivity index (χ0n) is 27.4. The van der Waals surface area contributed by atoms with E-state index in [1.165, 1.54) is 0 Å². The normalized spacial score (nSPS) is 14.2. The smallest absolute Gasteiger partial charge is 0.326 e.